The summed E-state index contributed by atoms with van der Waals surface area (Å²) in [6.07, 6.45) is 8.86. The molecule has 0 radical (unpaired) electrons. The summed E-state index contributed by atoms with van der Waals surface area (Å²) in [4.78, 5) is 12.0. The van der Waals surface area contributed by atoms with Gasteiger partial charge in [0.05, 0.1) is 6.54 Å². The van der Waals surface area contributed by atoms with Crippen LogP contribution in [0.5, 0.6) is 0 Å². The number of fused-ring (bicyclic) bond motifs is 1. The molecular weight excluding hydrogens is 274 g/mol. The van der Waals surface area contributed by atoms with Gasteiger partial charge in [-0.3, -0.25) is 4.79 Å². The van der Waals surface area contributed by atoms with E-state index in [1.54, 1.807) is 6.08 Å². The number of para-hydroxylation sites is 1. The number of terminal acetylenes is 1. The summed E-state index contributed by atoms with van der Waals surface area (Å²) in [5.74, 6) is 2.23. The number of amides is 1. The second-order valence-corrected chi connectivity index (χ2v) is 5.23. The smallest absolute Gasteiger partial charge is 0.262 e. The van der Waals surface area contributed by atoms with Gasteiger partial charge in [0, 0.05) is 28.7 Å². The van der Waals surface area contributed by atoms with Crippen molar-refractivity contribution in [3.8, 4) is 18.4 Å². The summed E-state index contributed by atoms with van der Waals surface area (Å²) < 4.78 is 1.93. The van der Waals surface area contributed by atoms with Gasteiger partial charge in [-0.2, -0.15) is 5.26 Å². The zero-order chi connectivity index (χ0) is 16.1. The predicted molar refractivity (Wildman–Crippen MR) is 87.6 cm³/mol. The first-order chi connectivity index (χ1) is 10.6. The van der Waals surface area contributed by atoms with Gasteiger partial charge in [0.15, 0.2) is 0 Å². The molecule has 1 N–H and O–H groups in total. The fraction of sp³-hybridized carbons (Fsp3) is 0.222. The molecule has 0 saturated heterocycles. The molecule has 0 saturated carbocycles. The summed E-state index contributed by atoms with van der Waals surface area (Å²) in [6, 6.07) is 9.70. The van der Waals surface area contributed by atoms with Crippen molar-refractivity contribution < 1.29 is 4.79 Å². The van der Waals surface area contributed by atoms with Crippen molar-refractivity contribution in [1.82, 2.24) is 9.88 Å². The summed E-state index contributed by atoms with van der Waals surface area (Å²) in [5, 5.41) is 12.9. The molecule has 22 heavy (non-hydrogen) atoms. The Morgan fingerprint density at radius 2 is 2.18 bits per heavy atom. The minimum Gasteiger partial charge on any atom is -0.349 e. The van der Waals surface area contributed by atoms with Crippen LogP contribution < -0.4 is 5.32 Å². The quantitative estimate of drug-likeness (QED) is 0.535. The summed E-state index contributed by atoms with van der Waals surface area (Å²) in [7, 11) is 0. The van der Waals surface area contributed by atoms with Crippen LogP contribution in [0.25, 0.3) is 17.0 Å². The Bertz CT molecular complexity index is 813. The fourth-order valence-corrected chi connectivity index (χ4v) is 2.26. The number of nitrogens with one attached hydrogen (secondary N) is 1. The van der Waals surface area contributed by atoms with Crippen LogP contribution in [-0.2, 0) is 11.3 Å². The monoisotopic (exact) mass is 291 g/mol. The fourth-order valence-electron chi connectivity index (χ4n) is 2.26. The molecule has 1 amide bonds. The molecule has 0 bridgehead atoms. The van der Waals surface area contributed by atoms with Crippen molar-refractivity contribution >= 4 is 22.9 Å². The molecule has 110 valence electrons. The molecule has 2 rings (SSSR count). The Hall–Kier alpha value is -2.98. The van der Waals surface area contributed by atoms with Gasteiger partial charge in [-0.1, -0.05) is 24.1 Å². The summed E-state index contributed by atoms with van der Waals surface area (Å²) >= 11 is 0. The first-order valence-corrected chi connectivity index (χ1v) is 7.00. The van der Waals surface area contributed by atoms with Crippen LogP contribution in [0.15, 0.2) is 36.0 Å². The Kier molecular flexibility index (Phi) is 4.66. The highest BCUT2D eigenvalue weighted by atomic mass is 16.1. The first-order valence-electron chi connectivity index (χ1n) is 7.00. The highest BCUT2D eigenvalue weighted by molar-refractivity contribution is 6.04. The van der Waals surface area contributed by atoms with Gasteiger partial charge in [0.1, 0.15) is 11.6 Å². The maximum atomic E-state index is 12.0. The molecule has 1 heterocycles. The summed E-state index contributed by atoms with van der Waals surface area (Å²) in [6.45, 7) is 4.14. The number of aromatic nitrogens is 1. The van der Waals surface area contributed by atoms with Crippen molar-refractivity contribution in [1.29, 1.82) is 5.26 Å². The predicted octanol–water partition coefficient (Wildman–Crippen LogP) is 2.71. The van der Waals surface area contributed by atoms with E-state index in [0.717, 1.165) is 16.5 Å². The van der Waals surface area contributed by atoms with Crippen molar-refractivity contribution in [3.63, 3.8) is 0 Å². The highest BCUT2D eigenvalue weighted by Crippen LogP contribution is 2.23. The van der Waals surface area contributed by atoms with Crippen LogP contribution >= 0.6 is 0 Å². The van der Waals surface area contributed by atoms with Crippen molar-refractivity contribution in [2.24, 2.45) is 0 Å². The topological polar surface area (TPSA) is 57.8 Å². The lowest BCUT2D eigenvalue weighted by Gasteiger charge is -2.06. The van der Waals surface area contributed by atoms with E-state index in [9.17, 15) is 10.1 Å². The van der Waals surface area contributed by atoms with E-state index in [1.165, 1.54) is 0 Å². The van der Waals surface area contributed by atoms with Crippen molar-refractivity contribution in [3.05, 3.63) is 41.6 Å². The van der Waals surface area contributed by atoms with Crippen molar-refractivity contribution in [2.45, 2.75) is 26.4 Å². The van der Waals surface area contributed by atoms with Gasteiger partial charge < -0.3 is 9.88 Å². The highest BCUT2D eigenvalue weighted by Gasteiger charge is 2.12. The molecule has 0 spiro atoms. The van der Waals surface area contributed by atoms with Crippen LogP contribution in [0.3, 0.4) is 0 Å². The van der Waals surface area contributed by atoms with Gasteiger partial charge in [-0.25, -0.2) is 0 Å². The average molecular weight is 291 g/mol. The van der Waals surface area contributed by atoms with E-state index in [1.807, 2.05) is 54.9 Å². The largest absolute Gasteiger partial charge is 0.349 e. The molecule has 1 aromatic carbocycles. The third-order valence-electron chi connectivity index (χ3n) is 3.17. The first kappa shape index (κ1) is 15.4. The van der Waals surface area contributed by atoms with Crippen LogP contribution in [0.1, 0.15) is 19.4 Å². The number of carbonyl (C=O) groups excluding carboxylic acids is 1. The van der Waals surface area contributed by atoms with E-state index < -0.39 is 0 Å². The van der Waals surface area contributed by atoms with Gasteiger partial charge in [-0.05, 0) is 26.0 Å². The standard InChI is InChI=1S/C18H17N3O/c1-4-9-21-12-15(16-7-5-6-8-17(16)21)10-14(11-19)18(22)20-13(2)3/h1,5-8,10,12-13H,9H2,2-3H3,(H,20,22)/b14-10+. The molecule has 0 aliphatic rings. The van der Waals surface area contributed by atoms with E-state index in [-0.39, 0.29) is 17.5 Å². The van der Waals surface area contributed by atoms with E-state index in [2.05, 4.69) is 11.2 Å². The zero-order valence-electron chi connectivity index (χ0n) is 12.6. The van der Waals surface area contributed by atoms with E-state index >= 15 is 0 Å². The molecule has 0 atom stereocenters. The van der Waals surface area contributed by atoms with Crippen LogP contribution in [-0.4, -0.2) is 16.5 Å². The van der Waals surface area contributed by atoms with E-state index in [0.29, 0.717) is 6.54 Å². The Labute approximate surface area is 130 Å². The number of nitriles is 1. The molecule has 0 fully saturated rings. The minimum absolute atomic E-state index is 0.0213. The molecule has 1 aromatic heterocycles. The van der Waals surface area contributed by atoms with Crippen molar-refractivity contribution in [2.75, 3.05) is 0 Å². The van der Waals surface area contributed by atoms with Gasteiger partial charge >= 0.3 is 0 Å². The molecule has 2 aromatic rings. The molecule has 0 aliphatic heterocycles. The number of nitrogens with zero attached hydrogens (tertiary/aromatic N) is 2. The Balaban J connectivity index is 2.50. The second kappa shape index (κ2) is 6.65. The van der Waals surface area contributed by atoms with Gasteiger partial charge in [0.25, 0.3) is 5.91 Å². The average Bonchev–Trinajstić information content (AvgIpc) is 2.83. The maximum Gasteiger partial charge on any atom is 0.262 e. The van der Waals surface area contributed by atoms with Crippen LogP contribution in [0.4, 0.5) is 0 Å². The van der Waals surface area contributed by atoms with Gasteiger partial charge in [-0.15, -0.1) is 6.42 Å². The zero-order valence-corrected chi connectivity index (χ0v) is 12.6. The van der Waals surface area contributed by atoms with Crippen LogP contribution in [0.2, 0.25) is 0 Å². The van der Waals surface area contributed by atoms with Gasteiger partial charge in [0.2, 0.25) is 0 Å². The SMILES string of the molecule is C#CCn1cc(/C=C(\C#N)C(=O)NC(C)C)c2ccccc21. The number of carbonyl (C=O) groups is 1. The molecule has 0 unspecified atom stereocenters. The lowest BCUT2D eigenvalue weighted by Crippen LogP contribution is -2.30. The third kappa shape index (κ3) is 3.19. The second-order valence-electron chi connectivity index (χ2n) is 5.23. The number of hydrogen-bond acceptors (Lipinski definition) is 2. The Morgan fingerprint density at radius 3 is 2.82 bits per heavy atom. The molecule has 4 nitrogen and oxygen atoms in total. The third-order valence-corrected chi connectivity index (χ3v) is 3.17. The molecule has 0 aliphatic carbocycles. The number of rotatable bonds is 4. The number of hydrogen-bond donors (Lipinski definition) is 1. The Morgan fingerprint density at radius 1 is 1.45 bits per heavy atom. The normalized spacial score (nSPS) is 11.2. The maximum absolute atomic E-state index is 12.0. The lowest BCUT2D eigenvalue weighted by atomic mass is 10.1. The summed E-state index contributed by atoms with van der Waals surface area (Å²) in [5.41, 5.74) is 1.87. The van der Waals surface area contributed by atoms with Crippen LogP contribution in [0, 0.1) is 23.7 Å². The number of benzene rings is 1. The lowest BCUT2D eigenvalue weighted by molar-refractivity contribution is -0.117. The minimum atomic E-state index is -0.369. The molecule has 4 heteroatoms. The molecular formula is C18H17N3O. The van der Waals surface area contributed by atoms with E-state index in [4.69, 9.17) is 6.42 Å².